The Hall–Kier alpha value is -0.870. The van der Waals surface area contributed by atoms with Crippen LogP contribution < -0.4 is 5.32 Å². The van der Waals surface area contributed by atoms with Gasteiger partial charge in [0.2, 0.25) is 0 Å². The topological polar surface area (TPSA) is 49.3 Å². The van der Waals surface area contributed by atoms with E-state index in [1.165, 1.54) is 34.6 Å². The van der Waals surface area contributed by atoms with Gasteiger partial charge in [-0.3, -0.25) is 10.1 Å². The summed E-state index contributed by atoms with van der Waals surface area (Å²) in [5, 5.41) is 12.1. The van der Waals surface area contributed by atoms with Crippen molar-refractivity contribution in [2.24, 2.45) is 0 Å². The summed E-state index contributed by atoms with van der Waals surface area (Å²) in [5.41, 5.74) is 0.615. The quantitative estimate of drug-likeness (QED) is 0.846. The van der Waals surface area contributed by atoms with E-state index in [4.69, 9.17) is 5.11 Å². The van der Waals surface area contributed by atoms with Crippen LogP contribution in [0.4, 0.5) is 0 Å². The van der Waals surface area contributed by atoms with Crippen LogP contribution in [0.25, 0.3) is 0 Å². The number of carbonyl (C=O) groups is 1. The molecule has 4 heteroatoms. The van der Waals surface area contributed by atoms with Gasteiger partial charge in [-0.15, -0.1) is 11.3 Å². The largest absolute Gasteiger partial charge is 0.480 e. The zero-order valence-electron chi connectivity index (χ0n) is 9.67. The van der Waals surface area contributed by atoms with E-state index in [9.17, 15) is 4.79 Å². The van der Waals surface area contributed by atoms with E-state index in [1.807, 2.05) is 11.3 Å². The summed E-state index contributed by atoms with van der Waals surface area (Å²) in [7, 11) is 0. The first-order valence-electron chi connectivity index (χ1n) is 5.58. The molecule has 0 aromatic carbocycles. The Kier molecular flexibility index (Phi) is 3.04. The van der Waals surface area contributed by atoms with Crippen molar-refractivity contribution in [2.45, 2.75) is 45.2 Å². The van der Waals surface area contributed by atoms with Gasteiger partial charge in [0.25, 0.3) is 0 Å². The Labute approximate surface area is 99.5 Å². The summed E-state index contributed by atoms with van der Waals surface area (Å²) in [6.07, 6.45) is 3.66. The minimum absolute atomic E-state index is 0.650. The standard InChI is InChI=1S/C12H17NO2S/c1-12(2,11(14)15)13-7-9-6-8-4-3-5-10(8)16-9/h6,13H,3-5,7H2,1-2H3,(H,14,15). The Morgan fingerprint density at radius 2 is 2.31 bits per heavy atom. The third-order valence-electron chi connectivity index (χ3n) is 3.04. The van der Waals surface area contributed by atoms with Crippen LogP contribution in [0.2, 0.25) is 0 Å². The number of aliphatic carboxylic acids is 1. The minimum Gasteiger partial charge on any atom is -0.480 e. The van der Waals surface area contributed by atoms with Gasteiger partial charge in [-0.2, -0.15) is 0 Å². The Bertz CT molecular complexity index is 388. The maximum Gasteiger partial charge on any atom is 0.323 e. The van der Waals surface area contributed by atoms with E-state index in [0.29, 0.717) is 6.54 Å². The first-order chi connectivity index (χ1) is 7.49. The van der Waals surface area contributed by atoms with Crippen molar-refractivity contribution in [3.8, 4) is 0 Å². The van der Waals surface area contributed by atoms with Crippen LogP contribution >= 0.6 is 11.3 Å². The highest BCUT2D eigenvalue weighted by molar-refractivity contribution is 7.12. The lowest BCUT2D eigenvalue weighted by atomic mass is 10.1. The number of hydrogen-bond acceptors (Lipinski definition) is 3. The third kappa shape index (κ3) is 2.28. The molecule has 0 saturated heterocycles. The van der Waals surface area contributed by atoms with Gasteiger partial charge in [0.05, 0.1) is 0 Å². The number of aryl methyl sites for hydroxylation is 2. The predicted octanol–water partition coefficient (Wildman–Crippen LogP) is 2.19. The van der Waals surface area contributed by atoms with E-state index in [-0.39, 0.29) is 0 Å². The van der Waals surface area contributed by atoms with Crippen LogP contribution in [0.1, 0.15) is 35.6 Å². The summed E-state index contributed by atoms with van der Waals surface area (Å²) in [5.74, 6) is -0.809. The lowest BCUT2D eigenvalue weighted by molar-refractivity contribution is -0.143. The molecule has 0 amide bonds. The van der Waals surface area contributed by atoms with Crippen LogP contribution in [-0.2, 0) is 24.2 Å². The van der Waals surface area contributed by atoms with Crippen LogP contribution in [0.3, 0.4) is 0 Å². The van der Waals surface area contributed by atoms with Crippen molar-refractivity contribution in [3.05, 3.63) is 21.4 Å². The third-order valence-corrected chi connectivity index (χ3v) is 4.27. The fourth-order valence-corrected chi connectivity index (χ4v) is 3.06. The molecular formula is C12H17NO2S. The Morgan fingerprint density at radius 1 is 1.56 bits per heavy atom. The molecular weight excluding hydrogens is 222 g/mol. The molecule has 0 unspecified atom stereocenters. The first-order valence-corrected chi connectivity index (χ1v) is 6.39. The summed E-state index contributed by atoms with van der Waals surface area (Å²) in [6, 6.07) is 2.22. The molecule has 0 fully saturated rings. The van der Waals surface area contributed by atoms with E-state index in [2.05, 4.69) is 11.4 Å². The molecule has 0 aliphatic heterocycles. The molecule has 2 N–H and O–H groups in total. The highest BCUT2D eigenvalue weighted by Gasteiger charge is 2.26. The van der Waals surface area contributed by atoms with Gasteiger partial charge < -0.3 is 5.11 Å². The zero-order valence-corrected chi connectivity index (χ0v) is 10.5. The number of nitrogens with one attached hydrogen (secondary N) is 1. The fraction of sp³-hybridized carbons (Fsp3) is 0.583. The minimum atomic E-state index is -0.853. The molecule has 1 aliphatic rings. The molecule has 1 aromatic heterocycles. The lowest BCUT2D eigenvalue weighted by Gasteiger charge is -2.20. The second-order valence-corrected chi connectivity index (χ2v) is 6.02. The van der Waals surface area contributed by atoms with Crippen molar-refractivity contribution in [2.75, 3.05) is 0 Å². The maximum absolute atomic E-state index is 10.9. The molecule has 0 bridgehead atoms. The number of hydrogen-bond donors (Lipinski definition) is 2. The van der Waals surface area contributed by atoms with Gasteiger partial charge in [0, 0.05) is 16.3 Å². The van der Waals surface area contributed by atoms with Gasteiger partial charge in [0.1, 0.15) is 5.54 Å². The molecule has 88 valence electrons. The molecule has 16 heavy (non-hydrogen) atoms. The molecule has 1 heterocycles. The average molecular weight is 239 g/mol. The van der Waals surface area contributed by atoms with Crippen LogP contribution in [-0.4, -0.2) is 16.6 Å². The van der Waals surface area contributed by atoms with Crippen LogP contribution in [0, 0.1) is 0 Å². The van der Waals surface area contributed by atoms with Crippen LogP contribution in [0.15, 0.2) is 6.07 Å². The van der Waals surface area contributed by atoms with Crippen molar-refractivity contribution in [1.82, 2.24) is 5.32 Å². The van der Waals surface area contributed by atoms with Gasteiger partial charge in [-0.05, 0) is 44.7 Å². The summed E-state index contributed by atoms with van der Waals surface area (Å²) in [4.78, 5) is 13.7. The van der Waals surface area contributed by atoms with Gasteiger partial charge in [0.15, 0.2) is 0 Å². The summed E-state index contributed by atoms with van der Waals surface area (Å²) >= 11 is 1.82. The molecule has 0 saturated carbocycles. The number of rotatable bonds is 4. The molecule has 2 rings (SSSR count). The molecule has 1 aromatic rings. The number of carboxylic acids is 1. The van der Waals surface area contributed by atoms with Crippen molar-refractivity contribution in [1.29, 1.82) is 0 Å². The second-order valence-electron chi connectivity index (χ2n) is 4.80. The van der Waals surface area contributed by atoms with Crippen molar-refractivity contribution >= 4 is 17.3 Å². The van der Waals surface area contributed by atoms with Gasteiger partial charge in [-0.1, -0.05) is 0 Å². The SMILES string of the molecule is CC(C)(NCc1cc2c(s1)CCC2)C(=O)O. The van der Waals surface area contributed by atoms with Crippen LogP contribution in [0.5, 0.6) is 0 Å². The highest BCUT2D eigenvalue weighted by Crippen LogP contribution is 2.30. The van der Waals surface area contributed by atoms with Gasteiger partial charge in [-0.25, -0.2) is 0 Å². The van der Waals surface area contributed by atoms with E-state index < -0.39 is 11.5 Å². The Balaban J connectivity index is 1.97. The normalized spacial score (nSPS) is 15.1. The fourth-order valence-electron chi connectivity index (χ4n) is 1.86. The predicted molar refractivity (Wildman–Crippen MR) is 64.9 cm³/mol. The highest BCUT2D eigenvalue weighted by atomic mass is 32.1. The number of thiophene rings is 1. The second kappa shape index (κ2) is 4.18. The molecule has 0 atom stereocenters. The molecule has 3 nitrogen and oxygen atoms in total. The van der Waals surface area contributed by atoms with E-state index in [0.717, 1.165) is 0 Å². The lowest BCUT2D eigenvalue weighted by Crippen LogP contribution is -2.46. The Morgan fingerprint density at radius 3 is 2.94 bits per heavy atom. The van der Waals surface area contributed by atoms with E-state index in [1.54, 1.807) is 13.8 Å². The number of carboxylic acid groups (broad SMARTS) is 1. The summed E-state index contributed by atoms with van der Waals surface area (Å²) in [6.45, 7) is 4.03. The summed E-state index contributed by atoms with van der Waals surface area (Å²) < 4.78 is 0. The average Bonchev–Trinajstić information content (AvgIpc) is 2.73. The van der Waals surface area contributed by atoms with Gasteiger partial charge >= 0.3 is 5.97 Å². The zero-order chi connectivity index (χ0) is 11.8. The van der Waals surface area contributed by atoms with E-state index >= 15 is 0 Å². The number of fused-ring (bicyclic) bond motifs is 1. The maximum atomic E-state index is 10.9. The van der Waals surface area contributed by atoms with Crippen molar-refractivity contribution in [3.63, 3.8) is 0 Å². The molecule has 0 radical (unpaired) electrons. The monoisotopic (exact) mass is 239 g/mol. The van der Waals surface area contributed by atoms with Crippen molar-refractivity contribution < 1.29 is 9.90 Å². The molecule has 1 aliphatic carbocycles. The smallest absolute Gasteiger partial charge is 0.323 e. The first kappa shape index (κ1) is 11.6. The molecule has 0 spiro atoms.